The van der Waals surface area contributed by atoms with E-state index >= 15 is 0 Å². The maximum Gasteiger partial charge on any atom is 0.133 e. The second-order valence-corrected chi connectivity index (χ2v) is 2.74. The minimum Gasteiger partial charge on any atom is -0.382 e. The molecule has 0 aromatic heterocycles. The Labute approximate surface area is 67.2 Å². The first-order valence-electron chi connectivity index (χ1n) is 3.51. The predicted molar refractivity (Wildman–Crippen MR) is 45.3 cm³/mol. The van der Waals surface area contributed by atoms with Crippen LogP contribution >= 0.6 is 0 Å². The van der Waals surface area contributed by atoms with E-state index in [1.807, 2.05) is 0 Å². The lowest BCUT2D eigenvalue weighted by Gasteiger charge is -2.11. The van der Waals surface area contributed by atoms with Gasteiger partial charge in [0.1, 0.15) is 5.78 Å². The average Bonchev–Trinajstić information content (AvgIpc) is 1.87. The summed E-state index contributed by atoms with van der Waals surface area (Å²) in [6, 6.07) is 0. The van der Waals surface area contributed by atoms with E-state index in [-0.39, 0.29) is 5.78 Å². The summed E-state index contributed by atoms with van der Waals surface area (Å²) in [5.41, 5.74) is -0.991. The van der Waals surface area contributed by atoms with Crippen LogP contribution in [0.5, 0.6) is 0 Å². The van der Waals surface area contributed by atoms with Crippen LogP contribution in [0.15, 0.2) is 24.8 Å². The highest BCUT2D eigenvalue weighted by Crippen LogP contribution is 2.06. The molecule has 2 heteroatoms. The number of Topliss-reactive ketones (excluding diaryl/α,β-unsaturated/α-hetero) is 1. The molecule has 0 saturated carbocycles. The Kier molecular flexibility index (Phi) is 3.76. The van der Waals surface area contributed by atoms with Crippen LogP contribution in [0.2, 0.25) is 0 Å². The maximum absolute atomic E-state index is 10.5. The van der Waals surface area contributed by atoms with Gasteiger partial charge in [0.15, 0.2) is 0 Å². The van der Waals surface area contributed by atoms with Gasteiger partial charge in [-0.1, -0.05) is 24.8 Å². The molecule has 0 bridgehead atoms. The fourth-order valence-corrected chi connectivity index (χ4v) is 0.532. The molecule has 2 nitrogen and oxygen atoms in total. The van der Waals surface area contributed by atoms with Crippen LogP contribution < -0.4 is 0 Å². The summed E-state index contributed by atoms with van der Waals surface area (Å²) in [5.74, 6) is 0.0844. The van der Waals surface area contributed by atoms with E-state index < -0.39 is 5.60 Å². The molecular formula is C9H14O2. The highest BCUT2D eigenvalue weighted by Gasteiger charge is 2.08. The van der Waals surface area contributed by atoms with Gasteiger partial charge >= 0.3 is 0 Å². The van der Waals surface area contributed by atoms with Gasteiger partial charge < -0.3 is 5.11 Å². The van der Waals surface area contributed by atoms with Crippen molar-refractivity contribution < 1.29 is 9.90 Å². The summed E-state index contributed by atoms with van der Waals surface area (Å²) in [6.07, 6.45) is 4.99. The molecule has 0 fully saturated rings. The molecular weight excluding hydrogens is 140 g/mol. The lowest BCUT2D eigenvalue weighted by Crippen LogP contribution is -2.15. The summed E-state index contributed by atoms with van der Waals surface area (Å²) in [6.45, 7) is 6.56. The van der Waals surface area contributed by atoms with Crippen molar-refractivity contribution in [2.24, 2.45) is 0 Å². The number of aliphatic hydroxyl groups is 1. The molecule has 0 aliphatic heterocycles. The maximum atomic E-state index is 10.5. The van der Waals surface area contributed by atoms with Crippen molar-refractivity contribution in [3.63, 3.8) is 0 Å². The van der Waals surface area contributed by atoms with Gasteiger partial charge in [0.2, 0.25) is 0 Å². The number of carbonyl (C=O) groups is 1. The monoisotopic (exact) mass is 154 g/mol. The van der Waals surface area contributed by atoms with Crippen molar-refractivity contribution in [3.05, 3.63) is 24.8 Å². The standard InChI is InChI=1S/C9H14O2/c1-4-9(3,11)7-5-6-8(2)10/h4-5,7,11H,1,6H2,2-3H3/b7-5+. The molecule has 0 aromatic rings. The zero-order valence-corrected chi connectivity index (χ0v) is 7.00. The molecule has 0 heterocycles. The fourth-order valence-electron chi connectivity index (χ4n) is 0.532. The molecule has 62 valence electrons. The van der Waals surface area contributed by atoms with Crippen molar-refractivity contribution in [1.29, 1.82) is 0 Å². The van der Waals surface area contributed by atoms with Gasteiger partial charge in [-0.3, -0.25) is 4.79 Å². The van der Waals surface area contributed by atoms with E-state index in [2.05, 4.69) is 6.58 Å². The Morgan fingerprint density at radius 2 is 2.27 bits per heavy atom. The first-order chi connectivity index (χ1) is 4.98. The molecule has 1 atom stereocenters. The quantitative estimate of drug-likeness (QED) is 0.622. The zero-order valence-electron chi connectivity index (χ0n) is 7.00. The van der Waals surface area contributed by atoms with Gasteiger partial charge in [-0.05, 0) is 13.8 Å². The molecule has 1 unspecified atom stereocenters. The van der Waals surface area contributed by atoms with E-state index in [4.69, 9.17) is 0 Å². The topological polar surface area (TPSA) is 37.3 Å². The van der Waals surface area contributed by atoms with Crippen LogP contribution in [0.1, 0.15) is 20.3 Å². The summed E-state index contributed by atoms with van der Waals surface area (Å²) in [7, 11) is 0. The first-order valence-corrected chi connectivity index (χ1v) is 3.51. The van der Waals surface area contributed by atoms with E-state index in [9.17, 15) is 9.90 Å². The largest absolute Gasteiger partial charge is 0.382 e. The Bertz CT molecular complexity index is 178. The third kappa shape index (κ3) is 5.55. The minimum absolute atomic E-state index is 0.0844. The van der Waals surface area contributed by atoms with E-state index in [1.165, 1.54) is 13.0 Å². The number of ketones is 1. The Balaban J connectivity index is 3.92. The molecule has 0 aromatic carbocycles. The predicted octanol–water partition coefficient (Wildman–Crippen LogP) is 1.46. The average molecular weight is 154 g/mol. The van der Waals surface area contributed by atoms with E-state index in [0.29, 0.717) is 6.42 Å². The van der Waals surface area contributed by atoms with Crippen LogP contribution in [-0.2, 0) is 4.79 Å². The third-order valence-corrected chi connectivity index (χ3v) is 1.27. The molecule has 0 saturated heterocycles. The summed E-state index contributed by atoms with van der Waals surface area (Å²) in [5, 5.41) is 9.32. The highest BCUT2D eigenvalue weighted by molar-refractivity contribution is 5.76. The van der Waals surface area contributed by atoms with Crippen LogP contribution in [0, 0.1) is 0 Å². The molecule has 0 aliphatic carbocycles. The fraction of sp³-hybridized carbons (Fsp3) is 0.444. The van der Waals surface area contributed by atoms with Crippen molar-refractivity contribution in [2.75, 3.05) is 0 Å². The molecule has 0 rings (SSSR count). The number of hydrogen-bond acceptors (Lipinski definition) is 2. The van der Waals surface area contributed by atoms with Crippen molar-refractivity contribution in [2.45, 2.75) is 25.9 Å². The molecule has 0 amide bonds. The molecule has 11 heavy (non-hydrogen) atoms. The van der Waals surface area contributed by atoms with Crippen molar-refractivity contribution in [1.82, 2.24) is 0 Å². The van der Waals surface area contributed by atoms with Gasteiger partial charge in [-0.15, -0.1) is 0 Å². The molecule has 0 radical (unpaired) electrons. The van der Waals surface area contributed by atoms with E-state index in [0.717, 1.165) is 0 Å². The second-order valence-electron chi connectivity index (χ2n) is 2.74. The lowest BCUT2D eigenvalue weighted by molar-refractivity contribution is -0.116. The van der Waals surface area contributed by atoms with Crippen molar-refractivity contribution >= 4 is 5.78 Å². The molecule has 1 N–H and O–H groups in total. The number of carbonyl (C=O) groups excluding carboxylic acids is 1. The van der Waals surface area contributed by atoms with Crippen LogP contribution in [0.3, 0.4) is 0 Å². The minimum atomic E-state index is -0.991. The molecule has 0 spiro atoms. The number of allylic oxidation sites excluding steroid dienone is 1. The van der Waals surface area contributed by atoms with Gasteiger partial charge in [0.05, 0.1) is 5.60 Å². The Hall–Kier alpha value is -0.890. The Morgan fingerprint density at radius 1 is 1.73 bits per heavy atom. The van der Waals surface area contributed by atoms with E-state index in [1.54, 1.807) is 19.1 Å². The first kappa shape index (κ1) is 10.1. The highest BCUT2D eigenvalue weighted by atomic mass is 16.3. The number of rotatable bonds is 4. The van der Waals surface area contributed by atoms with Crippen LogP contribution in [-0.4, -0.2) is 16.5 Å². The SMILES string of the molecule is C=CC(C)(O)/C=C/CC(C)=O. The van der Waals surface area contributed by atoms with Gasteiger partial charge in [-0.25, -0.2) is 0 Å². The summed E-state index contributed by atoms with van der Waals surface area (Å²) in [4.78, 5) is 10.5. The van der Waals surface area contributed by atoms with Gasteiger partial charge in [0, 0.05) is 6.42 Å². The smallest absolute Gasteiger partial charge is 0.133 e. The van der Waals surface area contributed by atoms with Crippen LogP contribution in [0.4, 0.5) is 0 Å². The zero-order chi connectivity index (χ0) is 8.91. The molecule has 0 aliphatic rings. The normalized spacial score (nSPS) is 16.3. The van der Waals surface area contributed by atoms with Crippen LogP contribution in [0.25, 0.3) is 0 Å². The third-order valence-electron chi connectivity index (χ3n) is 1.27. The van der Waals surface area contributed by atoms with Gasteiger partial charge in [0.25, 0.3) is 0 Å². The summed E-state index contributed by atoms with van der Waals surface area (Å²) >= 11 is 0. The number of hydrogen-bond donors (Lipinski definition) is 1. The second kappa shape index (κ2) is 4.09. The van der Waals surface area contributed by atoms with Crippen molar-refractivity contribution in [3.8, 4) is 0 Å². The van der Waals surface area contributed by atoms with Gasteiger partial charge in [-0.2, -0.15) is 0 Å². The Morgan fingerprint density at radius 3 is 2.64 bits per heavy atom. The summed E-state index contributed by atoms with van der Waals surface area (Å²) < 4.78 is 0. The lowest BCUT2D eigenvalue weighted by atomic mass is 10.1.